The van der Waals surface area contributed by atoms with Gasteiger partial charge in [0.05, 0.1) is 10.0 Å². The summed E-state index contributed by atoms with van der Waals surface area (Å²) < 4.78 is 0. The van der Waals surface area contributed by atoms with Crippen LogP contribution < -0.4 is 5.32 Å². The molecule has 19 heavy (non-hydrogen) atoms. The quantitative estimate of drug-likeness (QED) is 0.729. The fourth-order valence-electron chi connectivity index (χ4n) is 1.43. The number of thioether (sulfide) groups is 1. The molecule has 0 spiro atoms. The van der Waals surface area contributed by atoms with Gasteiger partial charge >= 0.3 is 0 Å². The molecule has 1 N–H and O–H groups in total. The van der Waals surface area contributed by atoms with Crippen LogP contribution in [0, 0.1) is 6.92 Å². The molecule has 0 heterocycles. The Morgan fingerprint density at radius 3 is 2.37 bits per heavy atom. The average Bonchev–Trinajstić information content (AvgIpc) is 2.37. The van der Waals surface area contributed by atoms with Crippen LogP contribution in [0.1, 0.15) is 5.56 Å². The summed E-state index contributed by atoms with van der Waals surface area (Å²) in [6.45, 7) is 2.00. The molecule has 0 saturated heterocycles. The highest BCUT2D eigenvalue weighted by Gasteiger charge is 2.06. The molecule has 2 aromatic rings. The maximum Gasteiger partial charge on any atom is 0.288 e. The fraction of sp³-hybridized carbons (Fsp3) is 0.0714. The molecule has 2 nitrogen and oxygen atoms in total. The summed E-state index contributed by atoms with van der Waals surface area (Å²) in [4.78, 5) is 12.7. The third kappa shape index (κ3) is 4.16. The Balaban J connectivity index is 2.01. The van der Waals surface area contributed by atoms with Crippen LogP contribution in [0.3, 0.4) is 0 Å². The second-order valence-electron chi connectivity index (χ2n) is 3.96. The second kappa shape index (κ2) is 6.33. The molecule has 0 aliphatic rings. The van der Waals surface area contributed by atoms with Gasteiger partial charge in [-0.3, -0.25) is 4.79 Å². The minimum absolute atomic E-state index is 0.165. The third-order valence-electron chi connectivity index (χ3n) is 2.40. The van der Waals surface area contributed by atoms with Gasteiger partial charge in [0.15, 0.2) is 0 Å². The Morgan fingerprint density at radius 1 is 1.05 bits per heavy atom. The molecule has 0 aliphatic carbocycles. The lowest BCUT2D eigenvalue weighted by atomic mass is 10.2. The number of carbonyl (C=O) groups is 1. The molecule has 1 amide bonds. The topological polar surface area (TPSA) is 29.1 Å². The van der Waals surface area contributed by atoms with E-state index in [0.717, 1.165) is 22.2 Å². The van der Waals surface area contributed by atoms with E-state index in [1.54, 1.807) is 18.2 Å². The van der Waals surface area contributed by atoms with Crippen molar-refractivity contribution in [3.05, 3.63) is 58.1 Å². The Labute approximate surface area is 126 Å². The maximum atomic E-state index is 11.8. The molecule has 0 fully saturated rings. The highest BCUT2D eigenvalue weighted by Crippen LogP contribution is 2.27. The summed E-state index contributed by atoms with van der Waals surface area (Å²) in [5.74, 6) is 0. The number of halogens is 2. The van der Waals surface area contributed by atoms with E-state index in [1.807, 2.05) is 31.2 Å². The highest BCUT2D eigenvalue weighted by atomic mass is 35.5. The van der Waals surface area contributed by atoms with E-state index in [9.17, 15) is 4.79 Å². The van der Waals surface area contributed by atoms with Gasteiger partial charge in [-0.1, -0.05) is 40.9 Å². The number of nitrogens with one attached hydrogen (secondary N) is 1. The van der Waals surface area contributed by atoms with Crippen LogP contribution in [-0.2, 0) is 0 Å². The number of benzene rings is 2. The van der Waals surface area contributed by atoms with E-state index in [-0.39, 0.29) is 5.24 Å². The molecule has 2 rings (SSSR count). The summed E-state index contributed by atoms with van der Waals surface area (Å²) in [5.41, 5.74) is 1.79. The van der Waals surface area contributed by atoms with Crippen molar-refractivity contribution in [1.29, 1.82) is 0 Å². The molecular weight excluding hydrogens is 301 g/mol. The summed E-state index contributed by atoms with van der Waals surface area (Å²) >= 11 is 12.8. The van der Waals surface area contributed by atoms with Gasteiger partial charge in [0.2, 0.25) is 0 Å². The van der Waals surface area contributed by atoms with Crippen LogP contribution in [0.25, 0.3) is 0 Å². The van der Waals surface area contributed by atoms with Crippen LogP contribution in [0.2, 0.25) is 10.0 Å². The van der Waals surface area contributed by atoms with Crippen LogP contribution in [-0.4, -0.2) is 5.24 Å². The first-order chi connectivity index (χ1) is 9.04. The SMILES string of the molecule is Cc1ccc(SC(=O)Nc2ccc(Cl)c(Cl)c2)cc1. The van der Waals surface area contributed by atoms with Crippen molar-refractivity contribution in [2.24, 2.45) is 0 Å². The fourth-order valence-corrected chi connectivity index (χ4v) is 2.38. The van der Waals surface area contributed by atoms with Crippen molar-refractivity contribution in [1.82, 2.24) is 0 Å². The molecule has 0 radical (unpaired) electrons. The number of hydrogen-bond donors (Lipinski definition) is 1. The van der Waals surface area contributed by atoms with Gasteiger partial charge in [-0.25, -0.2) is 0 Å². The normalized spacial score (nSPS) is 10.3. The van der Waals surface area contributed by atoms with E-state index in [0.29, 0.717) is 15.7 Å². The Morgan fingerprint density at radius 2 is 1.74 bits per heavy atom. The molecular formula is C14H11Cl2NOS. The zero-order valence-corrected chi connectivity index (χ0v) is 12.4. The minimum Gasteiger partial charge on any atom is -0.317 e. The summed E-state index contributed by atoms with van der Waals surface area (Å²) in [7, 11) is 0. The first kappa shape index (κ1) is 14.3. The van der Waals surface area contributed by atoms with Gasteiger partial charge in [-0.15, -0.1) is 0 Å². The van der Waals surface area contributed by atoms with E-state index >= 15 is 0 Å². The lowest BCUT2D eigenvalue weighted by molar-refractivity contribution is 0.270. The van der Waals surface area contributed by atoms with Gasteiger partial charge in [0, 0.05) is 10.6 Å². The average molecular weight is 312 g/mol. The molecule has 0 atom stereocenters. The van der Waals surface area contributed by atoms with Crippen LogP contribution in [0.5, 0.6) is 0 Å². The molecule has 2 aromatic carbocycles. The molecule has 0 aromatic heterocycles. The van der Waals surface area contributed by atoms with E-state index in [2.05, 4.69) is 5.32 Å². The predicted octanol–water partition coefficient (Wildman–Crippen LogP) is 5.63. The number of rotatable bonds is 2. The molecule has 0 unspecified atom stereocenters. The molecule has 0 bridgehead atoms. The lowest BCUT2D eigenvalue weighted by Gasteiger charge is -2.06. The van der Waals surface area contributed by atoms with Crippen LogP contribution >= 0.6 is 35.0 Å². The number of amides is 1. The maximum absolute atomic E-state index is 11.8. The third-order valence-corrected chi connectivity index (χ3v) is 3.93. The summed E-state index contributed by atoms with van der Waals surface area (Å²) in [5, 5.41) is 3.47. The first-order valence-corrected chi connectivity index (χ1v) is 7.12. The largest absolute Gasteiger partial charge is 0.317 e. The van der Waals surface area contributed by atoms with Gasteiger partial charge < -0.3 is 5.32 Å². The number of aryl methyl sites for hydroxylation is 1. The van der Waals surface area contributed by atoms with Crippen LogP contribution in [0.4, 0.5) is 10.5 Å². The van der Waals surface area contributed by atoms with Gasteiger partial charge in [-0.05, 0) is 49.0 Å². The molecule has 5 heteroatoms. The Bertz CT molecular complexity index is 599. The van der Waals surface area contributed by atoms with E-state index in [4.69, 9.17) is 23.2 Å². The predicted molar refractivity (Wildman–Crippen MR) is 82.5 cm³/mol. The second-order valence-corrected chi connectivity index (χ2v) is 5.82. The van der Waals surface area contributed by atoms with Gasteiger partial charge in [-0.2, -0.15) is 0 Å². The molecule has 0 aliphatic heterocycles. The Hall–Kier alpha value is -1.16. The zero-order valence-electron chi connectivity index (χ0n) is 10.1. The van der Waals surface area contributed by atoms with Crippen molar-refractivity contribution in [2.45, 2.75) is 11.8 Å². The summed E-state index contributed by atoms with van der Waals surface area (Å²) in [6, 6.07) is 12.7. The van der Waals surface area contributed by atoms with Crippen LogP contribution in [0.15, 0.2) is 47.4 Å². The van der Waals surface area contributed by atoms with E-state index < -0.39 is 0 Å². The van der Waals surface area contributed by atoms with Gasteiger partial charge in [0.1, 0.15) is 0 Å². The molecule has 0 saturated carbocycles. The highest BCUT2D eigenvalue weighted by molar-refractivity contribution is 8.13. The zero-order chi connectivity index (χ0) is 13.8. The van der Waals surface area contributed by atoms with Crippen molar-refractivity contribution in [3.63, 3.8) is 0 Å². The van der Waals surface area contributed by atoms with Crippen molar-refractivity contribution < 1.29 is 4.79 Å². The standard InChI is InChI=1S/C14H11Cl2NOS/c1-9-2-5-11(6-3-9)19-14(18)17-10-4-7-12(15)13(16)8-10/h2-8H,1H3,(H,17,18). The summed E-state index contributed by atoms with van der Waals surface area (Å²) in [6.07, 6.45) is 0. The van der Waals surface area contributed by atoms with Crippen molar-refractivity contribution >= 4 is 45.9 Å². The minimum atomic E-state index is -0.165. The number of carbonyl (C=O) groups excluding carboxylic acids is 1. The number of hydrogen-bond acceptors (Lipinski definition) is 2. The van der Waals surface area contributed by atoms with Gasteiger partial charge in [0.25, 0.3) is 5.24 Å². The van der Waals surface area contributed by atoms with Crippen molar-refractivity contribution in [2.75, 3.05) is 5.32 Å². The number of anilines is 1. The first-order valence-electron chi connectivity index (χ1n) is 5.55. The Kier molecular flexibility index (Phi) is 4.75. The van der Waals surface area contributed by atoms with E-state index in [1.165, 1.54) is 0 Å². The molecule has 98 valence electrons. The lowest BCUT2D eigenvalue weighted by Crippen LogP contribution is -2.04. The smallest absolute Gasteiger partial charge is 0.288 e. The van der Waals surface area contributed by atoms with Crippen molar-refractivity contribution in [3.8, 4) is 0 Å². The monoisotopic (exact) mass is 311 g/mol.